The number of rotatable bonds is 3. The van der Waals surface area contributed by atoms with Gasteiger partial charge in [0, 0.05) is 23.4 Å². The molecule has 3 heteroatoms. The Balaban J connectivity index is 2.27. The third-order valence-electron chi connectivity index (χ3n) is 2.92. The molecule has 0 aliphatic heterocycles. The second-order valence-corrected chi connectivity index (χ2v) is 4.03. The van der Waals surface area contributed by atoms with Gasteiger partial charge in [0.05, 0.1) is 6.61 Å². The highest BCUT2D eigenvalue weighted by Crippen LogP contribution is 2.45. The lowest BCUT2D eigenvalue weighted by atomic mass is 10.2. The van der Waals surface area contributed by atoms with E-state index >= 15 is 0 Å². The first-order chi connectivity index (χ1) is 6.76. The van der Waals surface area contributed by atoms with Gasteiger partial charge in [-0.3, -0.25) is 0 Å². The molecule has 1 fully saturated rings. The molecule has 1 aliphatic carbocycles. The molecule has 76 valence electrons. The van der Waals surface area contributed by atoms with Gasteiger partial charge >= 0.3 is 0 Å². The Kier molecular flexibility index (Phi) is 2.50. The minimum absolute atomic E-state index is 0.0453. The molecule has 2 unspecified atom stereocenters. The summed E-state index contributed by atoms with van der Waals surface area (Å²) in [5.41, 5.74) is 1.86. The molecule has 0 spiro atoms. The zero-order valence-electron chi connectivity index (χ0n) is 8.70. The maximum absolute atomic E-state index is 9.07. The third kappa shape index (κ3) is 1.64. The first-order valence-electron chi connectivity index (χ1n) is 5.21. The van der Waals surface area contributed by atoms with Gasteiger partial charge in [-0.15, -0.1) is 0 Å². The van der Waals surface area contributed by atoms with Gasteiger partial charge in [0.1, 0.15) is 5.82 Å². The highest BCUT2D eigenvalue weighted by Gasteiger charge is 2.36. The van der Waals surface area contributed by atoms with E-state index in [2.05, 4.69) is 23.8 Å². The Morgan fingerprint density at radius 2 is 2.29 bits per heavy atom. The van der Waals surface area contributed by atoms with E-state index in [4.69, 9.17) is 5.11 Å². The van der Waals surface area contributed by atoms with Crippen LogP contribution < -0.4 is 0 Å². The number of aromatic nitrogens is 2. The smallest absolute Gasteiger partial charge is 0.131 e. The fourth-order valence-electron chi connectivity index (χ4n) is 1.76. The van der Waals surface area contributed by atoms with E-state index in [0.717, 1.165) is 29.4 Å². The van der Waals surface area contributed by atoms with Crippen LogP contribution in [0.5, 0.6) is 0 Å². The van der Waals surface area contributed by atoms with Crippen LogP contribution in [0.1, 0.15) is 43.3 Å². The Labute approximate surface area is 84.2 Å². The van der Waals surface area contributed by atoms with E-state index in [1.54, 1.807) is 6.20 Å². The third-order valence-corrected chi connectivity index (χ3v) is 2.92. The first-order valence-corrected chi connectivity index (χ1v) is 5.21. The molecule has 0 amide bonds. The minimum Gasteiger partial charge on any atom is -0.392 e. The van der Waals surface area contributed by atoms with Gasteiger partial charge in [-0.1, -0.05) is 13.8 Å². The number of hydrogen-bond acceptors (Lipinski definition) is 3. The van der Waals surface area contributed by atoms with Crippen LogP contribution in [-0.4, -0.2) is 15.1 Å². The molecule has 3 nitrogen and oxygen atoms in total. The van der Waals surface area contributed by atoms with Gasteiger partial charge in [0.15, 0.2) is 0 Å². The Bertz CT molecular complexity index is 338. The van der Waals surface area contributed by atoms with Gasteiger partial charge in [-0.25, -0.2) is 9.97 Å². The Morgan fingerprint density at radius 3 is 2.79 bits per heavy atom. The van der Waals surface area contributed by atoms with E-state index in [-0.39, 0.29) is 6.61 Å². The summed E-state index contributed by atoms with van der Waals surface area (Å²) < 4.78 is 0. The molecule has 1 N–H and O–H groups in total. The van der Waals surface area contributed by atoms with Gasteiger partial charge in [-0.05, 0) is 18.8 Å². The molecule has 0 bridgehead atoms. The number of nitrogens with zero attached hydrogens (tertiary/aromatic N) is 2. The summed E-state index contributed by atoms with van der Waals surface area (Å²) in [5.74, 6) is 2.26. The molecular formula is C11H16N2O. The first kappa shape index (κ1) is 9.59. The molecular weight excluding hydrogens is 176 g/mol. The molecule has 1 aromatic rings. The van der Waals surface area contributed by atoms with Crippen molar-refractivity contribution in [1.29, 1.82) is 0 Å². The van der Waals surface area contributed by atoms with E-state index in [9.17, 15) is 0 Å². The monoisotopic (exact) mass is 192 g/mol. The van der Waals surface area contributed by atoms with Crippen molar-refractivity contribution in [2.24, 2.45) is 5.92 Å². The van der Waals surface area contributed by atoms with Crippen LogP contribution in [-0.2, 0) is 13.0 Å². The summed E-state index contributed by atoms with van der Waals surface area (Å²) in [6.45, 7) is 4.32. The van der Waals surface area contributed by atoms with Crippen LogP contribution in [0.25, 0.3) is 0 Å². The SMILES string of the molecule is CCc1nc(C2CC2C)ncc1CO. The van der Waals surface area contributed by atoms with Crippen LogP contribution >= 0.6 is 0 Å². The molecule has 1 aromatic heterocycles. The second-order valence-electron chi connectivity index (χ2n) is 4.03. The normalized spacial score (nSPS) is 25.1. The standard InChI is InChI=1S/C11H16N2O/c1-3-10-8(6-14)5-12-11(13-10)9-4-7(9)2/h5,7,9,14H,3-4,6H2,1-2H3. The lowest BCUT2D eigenvalue weighted by Crippen LogP contribution is -2.03. The summed E-state index contributed by atoms with van der Waals surface area (Å²) in [6.07, 6.45) is 3.85. The summed E-state index contributed by atoms with van der Waals surface area (Å²) in [6, 6.07) is 0. The largest absolute Gasteiger partial charge is 0.392 e. The van der Waals surface area contributed by atoms with Crippen LogP contribution in [0.15, 0.2) is 6.20 Å². The number of aliphatic hydroxyl groups excluding tert-OH is 1. The molecule has 1 aliphatic rings. The average Bonchev–Trinajstić information content (AvgIpc) is 2.94. The van der Waals surface area contributed by atoms with Crippen molar-refractivity contribution in [3.8, 4) is 0 Å². The number of aliphatic hydroxyl groups is 1. The van der Waals surface area contributed by atoms with E-state index in [1.807, 2.05) is 0 Å². The van der Waals surface area contributed by atoms with E-state index in [1.165, 1.54) is 6.42 Å². The van der Waals surface area contributed by atoms with Crippen molar-refractivity contribution in [3.63, 3.8) is 0 Å². The van der Waals surface area contributed by atoms with Gasteiger partial charge < -0.3 is 5.11 Å². The zero-order valence-corrected chi connectivity index (χ0v) is 8.70. The van der Waals surface area contributed by atoms with Crippen molar-refractivity contribution >= 4 is 0 Å². The Hall–Kier alpha value is -0.960. The molecule has 2 atom stereocenters. The predicted octanol–water partition coefficient (Wildman–Crippen LogP) is 1.65. The van der Waals surface area contributed by atoms with E-state index < -0.39 is 0 Å². The lowest BCUT2D eigenvalue weighted by molar-refractivity contribution is 0.279. The van der Waals surface area contributed by atoms with E-state index in [0.29, 0.717) is 5.92 Å². The summed E-state index contributed by atoms with van der Waals surface area (Å²) in [7, 11) is 0. The van der Waals surface area contributed by atoms with Crippen molar-refractivity contribution in [2.45, 2.75) is 39.2 Å². The summed E-state index contributed by atoms with van der Waals surface area (Å²) in [5, 5.41) is 9.07. The van der Waals surface area contributed by atoms with Crippen LogP contribution in [0.4, 0.5) is 0 Å². The Morgan fingerprint density at radius 1 is 1.57 bits per heavy atom. The molecule has 1 saturated carbocycles. The van der Waals surface area contributed by atoms with Crippen LogP contribution in [0.2, 0.25) is 0 Å². The van der Waals surface area contributed by atoms with Crippen molar-refractivity contribution in [2.75, 3.05) is 0 Å². The number of hydrogen-bond donors (Lipinski definition) is 1. The fourth-order valence-corrected chi connectivity index (χ4v) is 1.76. The highest BCUT2D eigenvalue weighted by atomic mass is 16.3. The molecule has 1 heterocycles. The van der Waals surface area contributed by atoms with Crippen molar-refractivity contribution in [1.82, 2.24) is 9.97 Å². The maximum Gasteiger partial charge on any atom is 0.131 e. The van der Waals surface area contributed by atoms with Crippen LogP contribution in [0.3, 0.4) is 0 Å². The highest BCUT2D eigenvalue weighted by molar-refractivity contribution is 5.20. The number of aryl methyl sites for hydroxylation is 1. The topological polar surface area (TPSA) is 46.0 Å². The lowest BCUT2D eigenvalue weighted by Gasteiger charge is -2.05. The average molecular weight is 192 g/mol. The fraction of sp³-hybridized carbons (Fsp3) is 0.636. The maximum atomic E-state index is 9.07. The zero-order chi connectivity index (χ0) is 10.1. The van der Waals surface area contributed by atoms with Gasteiger partial charge in [-0.2, -0.15) is 0 Å². The molecule has 0 radical (unpaired) electrons. The molecule has 0 saturated heterocycles. The minimum atomic E-state index is 0.0453. The molecule has 0 aromatic carbocycles. The van der Waals surface area contributed by atoms with Gasteiger partial charge in [0.25, 0.3) is 0 Å². The van der Waals surface area contributed by atoms with Crippen molar-refractivity contribution < 1.29 is 5.11 Å². The summed E-state index contributed by atoms with van der Waals surface area (Å²) >= 11 is 0. The molecule has 14 heavy (non-hydrogen) atoms. The second kappa shape index (κ2) is 3.65. The quantitative estimate of drug-likeness (QED) is 0.792. The van der Waals surface area contributed by atoms with Crippen LogP contribution in [0, 0.1) is 5.92 Å². The van der Waals surface area contributed by atoms with Crippen molar-refractivity contribution in [3.05, 3.63) is 23.3 Å². The predicted molar refractivity (Wildman–Crippen MR) is 53.9 cm³/mol. The summed E-state index contributed by atoms with van der Waals surface area (Å²) in [4.78, 5) is 8.80. The van der Waals surface area contributed by atoms with Gasteiger partial charge in [0.2, 0.25) is 0 Å². The molecule has 2 rings (SSSR count).